The van der Waals surface area contributed by atoms with Gasteiger partial charge in [0.15, 0.2) is 0 Å². The minimum absolute atomic E-state index is 0.994. The van der Waals surface area contributed by atoms with Crippen molar-refractivity contribution in [3.05, 3.63) is 46.7 Å². The molecule has 2 nitrogen and oxygen atoms in total. The summed E-state index contributed by atoms with van der Waals surface area (Å²) in [5.74, 6) is 0. The standard InChI is InChI=1S/C10H9BrN2/c1-8-2-4-10(5-3-8)13-7-9(11)6-12-13/h2-7H,1H3. The Balaban J connectivity index is 2.41. The normalized spacial score (nSPS) is 10.3. The summed E-state index contributed by atoms with van der Waals surface area (Å²) in [5.41, 5.74) is 2.34. The van der Waals surface area contributed by atoms with Crippen LogP contribution in [0.3, 0.4) is 0 Å². The van der Waals surface area contributed by atoms with Crippen molar-refractivity contribution in [2.24, 2.45) is 0 Å². The SMILES string of the molecule is Cc1ccc(-n2cc(Br)cn2)cc1. The molecular formula is C10H9BrN2. The first-order chi connectivity index (χ1) is 6.25. The van der Waals surface area contributed by atoms with E-state index >= 15 is 0 Å². The van der Waals surface area contributed by atoms with Gasteiger partial charge in [-0.25, -0.2) is 4.68 Å². The molecule has 0 aliphatic carbocycles. The molecule has 0 saturated heterocycles. The fourth-order valence-corrected chi connectivity index (χ4v) is 1.43. The lowest BCUT2D eigenvalue weighted by Crippen LogP contribution is -1.93. The first-order valence-electron chi connectivity index (χ1n) is 4.03. The first kappa shape index (κ1) is 8.51. The van der Waals surface area contributed by atoms with Gasteiger partial charge in [0.05, 0.1) is 16.4 Å². The van der Waals surface area contributed by atoms with Gasteiger partial charge < -0.3 is 0 Å². The zero-order valence-electron chi connectivity index (χ0n) is 7.24. The lowest BCUT2D eigenvalue weighted by molar-refractivity contribution is 0.880. The highest BCUT2D eigenvalue weighted by atomic mass is 79.9. The van der Waals surface area contributed by atoms with E-state index in [1.54, 1.807) is 6.20 Å². The lowest BCUT2D eigenvalue weighted by Gasteiger charge is -2.00. The van der Waals surface area contributed by atoms with E-state index in [1.807, 2.05) is 10.9 Å². The third kappa shape index (κ3) is 1.80. The molecule has 1 heterocycles. The van der Waals surface area contributed by atoms with Crippen molar-refractivity contribution >= 4 is 15.9 Å². The van der Waals surface area contributed by atoms with Crippen molar-refractivity contribution < 1.29 is 0 Å². The maximum atomic E-state index is 4.19. The van der Waals surface area contributed by atoms with E-state index in [1.165, 1.54) is 5.56 Å². The van der Waals surface area contributed by atoms with Crippen LogP contribution in [-0.2, 0) is 0 Å². The van der Waals surface area contributed by atoms with Gasteiger partial charge in [-0.15, -0.1) is 0 Å². The topological polar surface area (TPSA) is 17.8 Å². The average molecular weight is 237 g/mol. The molecule has 0 unspecified atom stereocenters. The average Bonchev–Trinajstić information content (AvgIpc) is 2.53. The van der Waals surface area contributed by atoms with Crippen LogP contribution in [0.5, 0.6) is 0 Å². The Morgan fingerprint density at radius 2 is 1.92 bits per heavy atom. The monoisotopic (exact) mass is 236 g/mol. The Kier molecular flexibility index (Phi) is 2.19. The Labute approximate surface area is 85.3 Å². The molecule has 0 radical (unpaired) electrons. The molecular weight excluding hydrogens is 228 g/mol. The van der Waals surface area contributed by atoms with E-state index in [2.05, 4.69) is 52.2 Å². The molecule has 0 aliphatic rings. The third-order valence-corrected chi connectivity index (χ3v) is 2.26. The maximum Gasteiger partial charge on any atom is 0.0646 e. The van der Waals surface area contributed by atoms with Crippen LogP contribution in [0.4, 0.5) is 0 Å². The first-order valence-corrected chi connectivity index (χ1v) is 4.82. The number of benzene rings is 1. The number of hydrogen-bond acceptors (Lipinski definition) is 1. The molecule has 3 heteroatoms. The molecule has 0 bridgehead atoms. The van der Waals surface area contributed by atoms with Crippen LogP contribution in [0.1, 0.15) is 5.56 Å². The quantitative estimate of drug-likeness (QED) is 0.745. The van der Waals surface area contributed by atoms with Crippen LogP contribution in [0.25, 0.3) is 5.69 Å². The molecule has 0 atom stereocenters. The molecule has 66 valence electrons. The summed E-state index contributed by atoms with van der Waals surface area (Å²) in [5, 5.41) is 4.19. The molecule has 0 saturated carbocycles. The fourth-order valence-electron chi connectivity index (χ4n) is 1.14. The lowest BCUT2D eigenvalue weighted by atomic mass is 10.2. The summed E-state index contributed by atoms with van der Waals surface area (Å²) in [6.07, 6.45) is 3.71. The summed E-state index contributed by atoms with van der Waals surface area (Å²) in [6.45, 7) is 2.07. The molecule has 0 aliphatic heterocycles. The molecule has 2 rings (SSSR count). The maximum absolute atomic E-state index is 4.19. The van der Waals surface area contributed by atoms with Crippen LogP contribution in [0.15, 0.2) is 41.1 Å². The Morgan fingerprint density at radius 1 is 1.23 bits per heavy atom. The van der Waals surface area contributed by atoms with Gasteiger partial charge >= 0.3 is 0 Å². The van der Waals surface area contributed by atoms with Crippen LogP contribution in [0, 0.1) is 6.92 Å². The summed E-state index contributed by atoms with van der Waals surface area (Å²) in [6, 6.07) is 8.25. The van der Waals surface area contributed by atoms with Crippen molar-refractivity contribution in [1.82, 2.24) is 9.78 Å². The van der Waals surface area contributed by atoms with Gasteiger partial charge in [-0.05, 0) is 35.0 Å². The number of nitrogens with zero attached hydrogens (tertiary/aromatic N) is 2. The number of aromatic nitrogens is 2. The van der Waals surface area contributed by atoms with Gasteiger partial charge in [-0.2, -0.15) is 5.10 Å². The second-order valence-electron chi connectivity index (χ2n) is 2.94. The zero-order valence-corrected chi connectivity index (χ0v) is 8.82. The van der Waals surface area contributed by atoms with Gasteiger partial charge in [-0.1, -0.05) is 17.7 Å². The molecule has 0 amide bonds. The summed E-state index contributed by atoms with van der Waals surface area (Å²) >= 11 is 3.36. The molecule has 0 fully saturated rings. The molecule has 2 aromatic rings. The van der Waals surface area contributed by atoms with Crippen molar-refractivity contribution in [1.29, 1.82) is 0 Å². The highest BCUT2D eigenvalue weighted by Crippen LogP contribution is 2.12. The minimum Gasteiger partial charge on any atom is -0.240 e. The van der Waals surface area contributed by atoms with Crippen LogP contribution in [-0.4, -0.2) is 9.78 Å². The van der Waals surface area contributed by atoms with E-state index < -0.39 is 0 Å². The Hall–Kier alpha value is -1.09. The van der Waals surface area contributed by atoms with Gasteiger partial charge in [0.2, 0.25) is 0 Å². The molecule has 1 aromatic heterocycles. The molecule has 0 spiro atoms. The molecule has 0 N–H and O–H groups in total. The van der Waals surface area contributed by atoms with Crippen molar-refractivity contribution in [3.63, 3.8) is 0 Å². The van der Waals surface area contributed by atoms with Crippen LogP contribution < -0.4 is 0 Å². The largest absolute Gasteiger partial charge is 0.240 e. The van der Waals surface area contributed by atoms with Crippen LogP contribution in [0.2, 0.25) is 0 Å². The number of hydrogen-bond donors (Lipinski definition) is 0. The number of halogens is 1. The minimum atomic E-state index is 0.994. The highest BCUT2D eigenvalue weighted by molar-refractivity contribution is 9.10. The van der Waals surface area contributed by atoms with E-state index in [0.717, 1.165) is 10.2 Å². The number of aryl methyl sites for hydroxylation is 1. The molecule has 13 heavy (non-hydrogen) atoms. The van der Waals surface area contributed by atoms with Gasteiger partial charge in [0.1, 0.15) is 0 Å². The summed E-state index contributed by atoms with van der Waals surface area (Å²) < 4.78 is 2.83. The van der Waals surface area contributed by atoms with Gasteiger partial charge in [-0.3, -0.25) is 0 Å². The second kappa shape index (κ2) is 3.34. The highest BCUT2D eigenvalue weighted by Gasteiger charge is 1.97. The number of rotatable bonds is 1. The molecule has 1 aromatic carbocycles. The summed E-state index contributed by atoms with van der Waals surface area (Å²) in [7, 11) is 0. The van der Waals surface area contributed by atoms with Crippen LogP contribution >= 0.6 is 15.9 Å². The van der Waals surface area contributed by atoms with Crippen molar-refractivity contribution in [2.45, 2.75) is 6.92 Å². The third-order valence-electron chi connectivity index (χ3n) is 1.85. The van der Waals surface area contributed by atoms with Crippen molar-refractivity contribution in [2.75, 3.05) is 0 Å². The fraction of sp³-hybridized carbons (Fsp3) is 0.100. The summed E-state index contributed by atoms with van der Waals surface area (Å²) in [4.78, 5) is 0. The Morgan fingerprint density at radius 3 is 2.46 bits per heavy atom. The van der Waals surface area contributed by atoms with E-state index in [4.69, 9.17) is 0 Å². The second-order valence-corrected chi connectivity index (χ2v) is 3.85. The van der Waals surface area contributed by atoms with E-state index in [0.29, 0.717) is 0 Å². The smallest absolute Gasteiger partial charge is 0.0646 e. The van der Waals surface area contributed by atoms with E-state index in [9.17, 15) is 0 Å². The zero-order chi connectivity index (χ0) is 9.26. The van der Waals surface area contributed by atoms with E-state index in [-0.39, 0.29) is 0 Å². The predicted octanol–water partition coefficient (Wildman–Crippen LogP) is 2.94. The predicted molar refractivity (Wildman–Crippen MR) is 56.0 cm³/mol. The van der Waals surface area contributed by atoms with Gasteiger partial charge in [0, 0.05) is 6.20 Å². The van der Waals surface area contributed by atoms with Gasteiger partial charge in [0.25, 0.3) is 0 Å². The Bertz CT molecular complexity index is 403. The van der Waals surface area contributed by atoms with Crippen molar-refractivity contribution in [3.8, 4) is 5.69 Å².